The van der Waals surface area contributed by atoms with Gasteiger partial charge in [0.25, 0.3) is 0 Å². The molecule has 0 radical (unpaired) electrons. The molecule has 0 heterocycles. The van der Waals surface area contributed by atoms with Crippen LogP contribution in [-0.4, -0.2) is 23.5 Å². The zero-order valence-corrected chi connectivity index (χ0v) is 12.2. The van der Waals surface area contributed by atoms with Gasteiger partial charge in [-0.25, -0.2) is 4.79 Å². The van der Waals surface area contributed by atoms with Gasteiger partial charge in [-0.3, -0.25) is 4.79 Å². The van der Waals surface area contributed by atoms with Crippen LogP contribution in [0.15, 0.2) is 12.2 Å². The Bertz CT molecular complexity index is 313. The van der Waals surface area contributed by atoms with Gasteiger partial charge in [0.15, 0.2) is 5.78 Å². The van der Waals surface area contributed by atoms with Crippen molar-refractivity contribution in [1.29, 1.82) is 0 Å². The summed E-state index contributed by atoms with van der Waals surface area (Å²) in [5, 5.41) is 2.51. The maximum Gasteiger partial charge on any atom is 0.408 e. The van der Waals surface area contributed by atoms with Crippen LogP contribution >= 0.6 is 0 Å². The largest absolute Gasteiger partial charge is 0.444 e. The first-order valence-electron chi connectivity index (χ1n) is 6.31. The Morgan fingerprint density at radius 1 is 1.22 bits per heavy atom. The van der Waals surface area contributed by atoms with E-state index in [2.05, 4.69) is 19.2 Å². The number of hydrogen-bond acceptors (Lipinski definition) is 3. The molecule has 0 aliphatic rings. The van der Waals surface area contributed by atoms with E-state index in [0.29, 0.717) is 5.92 Å². The lowest BCUT2D eigenvalue weighted by Crippen LogP contribution is -2.41. The second kappa shape index (κ2) is 7.19. The fourth-order valence-electron chi connectivity index (χ4n) is 1.16. The standard InChI is InChI=1S/C14H25NO3/c1-10(2)8-7-9-12(16)11(3)15-13(17)18-14(4,5)6/h7,9-11H,8H2,1-6H3,(H,15,17)/b9-7+/t11-/m0/s1. The number of carbonyl (C=O) groups is 2. The highest BCUT2D eigenvalue weighted by molar-refractivity contribution is 5.95. The van der Waals surface area contributed by atoms with Crippen molar-refractivity contribution in [3.63, 3.8) is 0 Å². The van der Waals surface area contributed by atoms with E-state index in [1.807, 2.05) is 6.08 Å². The molecule has 0 aliphatic carbocycles. The summed E-state index contributed by atoms with van der Waals surface area (Å²) in [5.74, 6) is 0.393. The molecule has 0 aromatic heterocycles. The van der Waals surface area contributed by atoms with Crippen LogP contribution in [0.4, 0.5) is 4.79 Å². The highest BCUT2D eigenvalue weighted by Gasteiger charge is 2.19. The number of carbonyl (C=O) groups excluding carboxylic acids is 2. The summed E-state index contributed by atoms with van der Waals surface area (Å²) in [6.07, 6.45) is 3.63. The normalized spacial score (nSPS) is 13.7. The molecule has 4 heteroatoms. The molecule has 0 aliphatic heterocycles. The third-order valence-electron chi connectivity index (χ3n) is 2.05. The summed E-state index contributed by atoms with van der Waals surface area (Å²) in [6, 6.07) is -0.566. The Morgan fingerprint density at radius 3 is 2.22 bits per heavy atom. The van der Waals surface area contributed by atoms with Crippen LogP contribution in [0, 0.1) is 5.92 Å². The maximum absolute atomic E-state index is 11.7. The van der Waals surface area contributed by atoms with Crippen molar-refractivity contribution in [2.75, 3.05) is 0 Å². The maximum atomic E-state index is 11.7. The second-order valence-electron chi connectivity index (χ2n) is 5.80. The third kappa shape index (κ3) is 8.79. The van der Waals surface area contributed by atoms with E-state index < -0.39 is 17.7 Å². The first-order chi connectivity index (χ1) is 8.11. The molecule has 18 heavy (non-hydrogen) atoms. The minimum absolute atomic E-state index is 0.124. The molecule has 0 spiro atoms. The average molecular weight is 255 g/mol. The summed E-state index contributed by atoms with van der Waals surface area (Å²) >= 11 is 0. The van der Waals surface area contributed by atoms with Crippen molar-refractivity contribution in [3.05, 3.63) is 12.2 Å². The molecule has 104 valence electrons. The lowest BCUT2D eigenvalue weighted by Gasteiger charge is -2.21. The lowest BCUT2D eigenvalue weighted by atomic mass is 10.1. The number of rotatable bonds is 5. The van der Waals surface area contributed by atoms with Crippen molar-refractivity contribution < 1.29 is 14.3 Å². The molecule has 0 unspecified atom stereocenters. The molecule has 0 saturated heterocycles. The summed E-state index contributed by atoms with van der Waals surface area (Å²) in [6.45, 7) is 11.1. The molecule has 0 aromatic carbocycles. The van der Waals surface area contributed by atoms with E-state index in [1.54, 1.807) is 27.7 Å². The molecule has 1 N–H and O–H groups in total. The predicted octanol–water partition coefficient (Wildman–Crippen LogP) is 3.07. The van der Waals surface area contributed by atoms with Crippen molar-refractivity contribution in [1.82, 2.24) is 5.32 Å². The number of nitrogens with one attached hydrogen (secondary N) is 1. The number of ketones is 1. The summed E-state index contributed by atoms with van der Waals surface area (Å²) in [4.78, 5) is 23.1. The van der Waals surface area contributed by atoms with Gasteiger partial charge in [-0.05, 0) is 46.1 Å². The fraction of sp³-hybridized carbons (Fsp3) is 0.714. The van der Waals surface area contributed by atoms with Crippen LogP contribution in [0.3, 0.4) is 0 Å². The lowest BCUT2D eigenvalue weighted by molar-refractivity contribution is -0.116. The predicted molar refractivity (Wildman–Crippen MR) is 72.4 cm³/mol. The van der Waals surface area contributed by atoms with E-state index in [0.717, 1.165) is 6.42 Å². The van der Waals surface area contributed by atoms with Crippen LogP contribution < -0.4 is 5.32 Å². The molecule has 1 amide bonds. The molecule has 0 saturated carbocycles. The Morgan fingerprint density at radius 2 is 1.78 bits per heavy atom. The number of allylic oxidation sites excluding steroid dienone is 1. The van der Waals surface area contributed by atoms with Gasteiger partial charge in [-0.2, -0.15) is 0 Å². The first kappa shape index (κ1) is 16.7. The molecule has 0 fully saturated rings. The zero-order valence-electron chi connectivity index (χ0n) is 12.2. The van der Waals surface area contributed by atoms with Gasteiger partial charge in [0.2, 0.25) is 0 Å². The van der Waals surface area contributed by atoms with Gasteiger partial charge in [-0.1, -0.05) is 19.9 Å². The Kier molecular flexibility index (Phi) is 6.66. The molecule has 0 bridgehead atoms. The summed E-state index contributed by atoms with van der Waals surface area (Å²) in [5.41, 5.74) is -0.555. The molecule has 4 nitrogen and oxygen atoms in total. The van der Waals surface area contributed by atoms with Crippen LogP contribution in [0.25, 0.3) is 0 Å². The number of alkyl carbamates (subject to hydrolysis) is 1. The number of amides is 1. The minimum atomic E-state index is -0.569. The zero-order chi connectivity index (χ0) is 14.3. The van der Waals surface area contributed by atoms with Crippen LogP contribution in [0.2, 0.25) is 0 Å². The molecule has 1 atom stereocenters. The Labute approximate surface area is 110 Å². The smallest absolute Gasteiger partial charge is 0.408 e. The van der Waals surface area contributed by atoms with Gasteiger partial charge in [0.1, 0.15) is 5.60 Å². The van der Waals surface area contributed by atoms with Gasteiger partial charge in [-0.15, -0.1) is 0 Å². The van der Waals surface area contributed by atoms with Crippen molar-refractivity contribution in [2.45, 2.75) is 59.6 Å². The van der Waals surface area contributed by atoms with Gasteiger partial charge >= 0.3 is 6.09 Å². The van der Waals surface area contributed by atoms with Crippen molar-refractivity contribution in [2.24, 2.45) is 5.92 Å². The quantitative estimate of drug-likeness (QED) is 0.768. The van der Waals surface area contributed by atoms with Crippen LogP contribution in [0.1, 0.15) is 48.0 Å². The van der Waals surface area contributed by atoms with E-state index in [-0.39, 0.29) is 5.78 Å². The number of ether oxygens (including phenoxy) is 1. The summed E-state index contributed by atoms with van der Waals surface area (Å²) < 4.78 is 5.07. The highest BCUT2D eigenvalue weighted by atomic mass is 16.6. The van der Waals surface area contributed by atoms with E-state index in [9.17, 15) is 9.59 Å². The van der Waals surface area contributed by atoms with Gasteiger partial charge < -0.3 is 10.1 Å². The van der Waals surface area contributed by atoms with E-state index in [4.69, 9.17) is 4.74 Å². The van der Waals surface area contributed by atoms with Gasteiger partial charge in [0, 0.05) is 0 Å². The topological polar surface area (TPSA) is 55.4 Å². The van der Waals surface area contributed by atoms with E-state index >= 15 is 0 Å². The first-order valence-corrected chi connectivity index (χ1v) is 6.31. The summed E-state index contributed by atoms with van der Waals surface area (Å²) in [7, 11) is 0. The van der Waals surface area contributed by atoms with Crippen LogP contribution in [0.5, 0.6) is 0 Å². The number of hydrogen-bond donors (Lipinski definition) is 1. The van der Waals surface area contributed by atoms with E-state index in [1.165, 1.54) is 6.08 Å². The Balaban J connectivity index is 4.16. The van der Waals surface area contributed by atoms with Crippen molar-refractivity contribution in [3.8, 4) is 0 Å². The van der Waals surface area contributed by atoms with Gasteiger partial charge in [0.05, 0.1) is 6.04 Å². The Hall–Kier alpha value is -1.32. The highest BCUT2D eigenvalue weighted by Crippen LogP contribution is 2.07. The third-order valence-corrected chi connectivity index (χ3v) is 2.05. The van der Waals surface area contributed by atoms with Crippen molar-refractivity contribution >= 4 is 11.9 Å². The fourth-order valence-corrected chi connectivity index (χ4v) is 1.16. The van der Waals surface area contributed by atoms with Crippen LogP contribution in [-0.2, 0) is 9.53 Å². The molecule has 0 aromatic rings. The molecular weight excluding hydrogens is 230 g/mol. The average Bonchev–Trinajstić information content (AvgIpc) is 2.13. The molecule has 0 rings (SSSR count). The molecular formula is C14H25NO3. The second-order valence-corrected chi connectivity index (χ2v) is 5.80. The monoisotopic (exact) mass is 255 g/mol. The minimum Gasteiger partial charge on any atom is -0.444 e. The SMILES string of the molecule is CC(C)C/C=C/C(=O)[C@H](C)NC(=O)OC(C)(C)C.